The van der Waals surface area contributed by atoms with E-state index in [0.717, 1.165) is 23.8 Å². The topological polar surface area (TPSA) is 54.7 Å². The van der Waals surface area contributed by atoms with Gasteiger partial charge in [0.25, 0.3) is 0 Å². The summed E-state index contributed by atoms with van der Waals surface area (Å²) in [5.74, 6) is 0.525. The molecule has 78 valence electrons. The van der Waals surface area contributed by atoms with E-state index in [4.69, 9.17) is 5.73 Å². The molecular weight excluding hydrogens is 437 g/mol. The van der Waals surface area contributed by atoms with E-state index in [-0.39, 0.29) is 0 Å². The molecule has 0 aliphatic heterocycles. The van der Waals surface area contributed by atoms with Gasteiger partial charge >= 0.3 is 0 Å². The highest BCUT2D eigenvalue weighted by atomic mass is 127. The van der Waals surface area contributed by atoms with Gasteiger partial charge in [0.15, 0.2) is 5.82 Å². The maximum absolute atomic E-state index is 5.69. The Kier molecular flexibility index (Phi) is 3.36. The van der Waals surface area contributed by atoms with E-state index in [2.05, 4.69) is 64.6 Å². The fourth-order valence-corrected chi connectivity index (χ4v) is 2.55. The third-order valence-corrected chi connectivity index (χ3v) is 4.21. The molecule has 0 aliphatic carbocycles. The normalized spacial score (nSPS) is 10.6. The number of benzene rings is 1. The summed E-state index contributed by atoms with van der Waals surface area (Å²) in [4.78, 5) is 0. The second-order valence-corrected chi connectivity index (χ2v) is 5.77. The number of hydrogen-bond acceptors (Lipinski definition) is 2. The third kappa shape index (κ3) is 2.21. The molecule has 0 aliphatic rings. The fourth-order valence-electron chi connectivity index (χ4n) is 1.21. The Bertz CT molecular complexity index is 510. The Morgan fingerprint density at radius 1 is 1.33 bits per heavy atom. The lowest BCUT2D eigenvalue weighted by atomic mass is 10.1. The van der Waals surface area contributed by atoms with E-state index >= 15 is 0 Å². The van der Waals surface area contributed by atoms with Gasteiger partial charge < -0.3 is 5.73 Å². The average molecular weight is 443 g/mol. The number of nitrogens with one attached hydrogen (secondary N) is 1. The lowest BCUT2D eigenvalue weighted by molar-refractivity contribution is 1.10. The van der Waals surface area contributed by atoms with Crippen molar-refractivity contribution in [2.45, 2.75) is 0 Å². The van der Waals surface area contributed by atoms with Crippen molar-refractivity contribution in [3.63, 3.8) is 0 Å². The molecule has 6 heteroatoms. The molecule has 1 aromatic carbocycles. The first-order valence-corrected chi connectivity index (χ1v) is 6.71. The highest BCUT2D eigenvalue weighted by molar-refractivity contribution is 14.1. The van der Waals surface area contributed by atoms with Crippen molar-refractivity contribution in [3.8, 4) is 11.3 Å². The van der Waals surface area contributed by atoms with Crippen molar-refractivity contribution in [3.05, 3.63) is 30.7 Å². The number of aromatic nitrogens is 2. The number of halogens is 3. The number of nitrogens with two attached hydrogens (primary N) is 1. The van der Waals surface area contributed by atoms with E-state index in [1.807, 2.05) is 18.2 Å². The van der Waals surface area contributed by atoms with Crippen molar-refractivity contribution in [1.82, 2.24) is 10.2 Å². The molecule has 3 N–H and O–H groups in total. The number of nitrogen functional groups attached to an aromatic ring is 1. The zero-order valence-corrected chi connectivity index (χ0v) is 12.7. The smallest absolute Gasteiger partial charge is 0.159 e. The molecule has 0 saturated carbocycles. The summed E-state index contributed by atoms with van der Waals surface area (Å²) >= 11 is 9.11. The monoisotopic (exact) mass is 441 g/mol. The highest BCUT2D eigenvalue weighted by Gasteiger charge is 2.12. The average Bonchev–Trinajstić information content (AvgIpc) is 2.52. The van der Waals surface area contributed by atoms with Crippen molar-refractivity contribution in [1.29, 1.82) is 0 Å². The van der Waals surface area contributed by atoms with E-state index in [9.17, 15) is 0 Å². The number of rotatable bonds is 1. The minimum Gasteiger partial charge on any atom is -0.381 e. The molecule has 0 fully saturated rings. The lowest BCUT2D eigenvalue weighted by Crippen LogP contribution is -1.86. The Morgan fingerprint density at radius 2 is 2.07 bits per heavy atom. The largest absolute Gasteiger partial charge is 0.381 e. The standard InChI is InChI=1S/C9H6Br2IN3/c10-4-1-2-6(11)5(3-4)8-7(12)9(13)15-14-8/h1-3H,(H3,13,14,15). The maximum Gasteiger partial charge on any atom is 0.159 e. The maximum atomic E-state index is 5.69. The second-order valence-electron chi connectivity index (χ2n) is 2.92. The quantitative estimate of drug-likeness (QED) is 0.660. The summed E-state index contributed by atoms with van der Waals surface area (Å²) < 4.78 is 2.96. The van der Waals surface area contributed by atoms with Crippen LogP contribution in [0.25, 0.3) is 11.3 Å². The van der Waals surface area contributed by atoms with Crippen molar-refractivity contribution in [2.24, 2.45) is 0 Å². The minimum absolute atomic E-state index is 0.525. The Labute approximate surface area is 117 Å². The third-order valence-electron chi connectivity index (χ3n) is 1.93. The van der Waals surface area contributed by atoms with Crippen LogP contribution in [0.5, 0.6) is 0 Å². The summed E-state index contributed by atoms with van der Waals surface area (Å²) in [7, 11) is 0. The van der Waals surface area contributed by atoms with Crippen LogP contribution in [0.1, 0.15) is 0 Å². The van der Waals surface area contributed by atoms with Gasteiger partial charge in [-0.1, -0.05) is 31.9 Å². The molecular formula is C9H6Br2IN3. The molecule has 3 nitrogen and oxygen atoms in total. The lowest BCUT2D eigenvalue weighted by Gasteiger charge is -2.03. The number of nitrogens with zero attached hydrogens (tertiary/aromatic N) is 1. The van der Waals surface area contributed by atoms with Crippen LogP contribution in [-0.4, -0.2) is 10.2 Å². The van der Waals surface area contributed by atoms with E-state index in [0.29, 0.717) is 5.82 Å². The molecule has 0 bridgehead atoms. The SMILES string of the molecule is Nc1n[nH]c(-c2cc(Br)ccc2Br)c1I. The number of aromatic amines is 1. The summed E-state index contributed by atoms with van der Waals surface area (Å²) in [5, 5.41) is 6.90. The Balaban J connectivity index is 2.63. The van der Waals surface area contributed by atoms with Gasteiger partial charge in [-0.3, -0.25) is 5.10 Å². The van der Waals surface area contributed by atoms with Gasteiger partial charge in [0.2, 0.25) is 0 Å². The Hall–Kier alpha value is -0.0800. The van der Waals surface area contributed by atoms with Crippen LogP contribution in [0, 0.1) is 3.57 Å². The summed E-state index contributed by atoms with van der Waals surface area (Å²) in [5.41, 5.74) is 7.66. The van der Waals surface area contributed by atoms with Gasteiger partial charge in [0.05, 0.1) is 9.26 Å². The van der Waals surface area contributed by atoms with Crippen molar-refractivity contribution in [2.75, 3.05) is 5.73 Å². The summed E-state index contributed by atoms with van der Waals surface area (Å²) in [6, 6.07) is 5.96. The zero-order chi connectivity index (χ0) is 11.0. The van der Waals surface area contributed by atoms with E-state index < -0.39 is 0 Å². The van der Waals surface area contributed by atoms with Gasteiger partial charge in [-0.15, -0.1) is 0 Å². The highest BCUT2D eigenvalue weighted by Crippen LogP contribution is 2.33. The van der Waals surface area contributed by atoms with Gasteiger partial charge in [0, 0.05) is 14.5 Å². The first-order chi connectivity index (χ1) is 7.09. The van der Waals surface area contributed by atoms with E-state index in [1.165, 1.54) is 0 Å². The molecule has 0 spiro atoms. The first-order valence-electron chi connectivity index (χ1n) is 4.04. The second kappa shape index (κ2) is 4.42. The molecule has 0 atom stereocenters. The minimum atomic E-state index is 0.525. The molecule has 0 amide bonds. The van der Waals surface area contributed by atoms with Crippen LogP contribution in [0.15, 0.2) is 27.1 Å². The molecule has 15 heavy (non-hydrogen) atoms. The van der Waals surface area contributed by atoms with Crippen LogP contribution in [0.2, 0.25) is 0 Å². The molecule has 0 unspecified atom stereocenters. The van der Waals surface area contributed by atoms with E-state index in [1.54, 1.807) is 0 Å². The van der Waals surface area contributed by atoms with Gasteiger partial charge in [-0.2, -0.15) is 5.10 Å². The van der Waals surface area contributed by atoms with Crippen LogP contribution in [-0.2, 0) is 0 Å². The van der Waals surface area contributed by atoms with Crippen LogP contribution < -0.4 is 5.73 Å². The summed E-state index contributed by atoms with van der Waals surface area (Å²) in [6.07, 6.45) is 0. The van der Waals surface area contributed by atoms with Crippen LogP contribution in [0.4, 0.5) is 5.82 Å². The van der Waals surface area contributed by atoms with Crippen molar-refractivity contribution < 1.29 is 0 Å². The Morgan fingerprint density at radius 3 is 2.67 bits per heavy atom. The van der Waals surface area contributed by atoms with Crippen LogP contribution >= 0.6 is 54.5 Å². The molecule has 0 radical (unpaired) electrons. The fraction of sp³-hybridized carbons (Fsp3) is 0. The number of H-pyrrole nitrogens is 1. The number of hydrogen-bond donors (Lipinski definition) is 2. The van der Waals surface area contributed by atoms with Gasteiger partial charge in [-0.25, -0.2) is 0 Å². The summed E-state index contributed by atoms with van der Waals surface area (Å²) in [6.45, 7) is 0. The molecule has 1 heterocycles. The number of anilines is 1. The van der Waals surface area contributed by atoms with Crippen LogP contribution in [0.3, 0.4) is 0 Å². The first kappa shape index (κ1) is 11.4. The zero-order valence-electron chi connectivity index (χ0n) is 7.39. The predicted molar refractivity (Wildman–Crippen MR) is 76.6 cm³/mol. The predicted octanol–water partition coefficient (Wildman–Crippen LogP) is 3.79. The molecule has 2 rings (SSSR count). The molecule has 1 aromatic heterocycles. The van der Waals surface area contributed by atoms with Crippen molar-refractivity contribution >= 4 is 60.3 Å². The van der Waals surface area contributed by atoms with Gasteiger partial charge in [0.1, 0.15) is 0 Å². The van der Waals surface area contributed by atoms with Gasteiger partial charge in [-0.05, 0) is 40.8 Å². The molecule has 2 aromatic rings. The molecule has 0 saturated heterocycles.